The molecule has 4 aromatic rings. The lowest BCUT2D eigenvalue weighted by molar-refractivity contribution is -0.0898. The largest absolute Gasteiger partial charge is 0.374 e. The maximum atomic E-state index is 6.58. The fourth-order valence-corrected chi connectivity index (χ4v) is 5.12. The number of hydrogen-bond donors (Lipinski definition) is 0. The van der Waals surface area contributed by atoms with Gasteiger partial charge < -0.3 is 18.9 Å². The Hall–Kier alpha value is -2.80. The Morgan fingerprint density at radius 2 is 1.14 bits per heavy atom. The van der Waals surface area contributed by atoms with Crippen LogP contribution in [-0.2, 0) is 38.8 Å². The van der Waals surface area contributed by atoms with Crippen molar-refractivity contribution in [1.29, 1.82) is 0 Å². The molecule has 5 rings (SSSR count). The SMILES string of the molecule is c1ccc(COC[C@H]2O[C@@H](c3cccs3)[C@H](OCc3ccccc3)[C@@H]2OCc2ccccc2)cc1. The molecule has 5 heteroatoms. The molecule has 0 spiro atoms. The summed E-state index contributed by atoms with van der Waals surface area (Å²) < 4.78 is 25.7. The van der Waals surface area contributed by atoms with Crippen molar-refractivity contribution in [1.82, 2.24) is 0 Å². The molecule has 0 radical (unpaired) electrons. The minimum absolute atomic E-state index is 0.204. The van der Waals surface area contributed by atoms with Crippen molar-refractivity contribution in [3.63, 3.8) is 0 Å². The highest BCUT2D eigenvalue weighted by atomic mass is 32.1. The molecule has 0 unspecified atom stereocenters. The van der Waals surface area contributed by atoms with E-state index in [4.69, 9.17) is 18.9 Å². The van der Waals surface area contributed by atoms with Crippen molar-refractivity contribution in [3.8, 4) is 0 Å². The number of benzene rings is 3. The van der Waals surface area contributed by atoms with E-state index in [9.17, 15) is 0 Å². The summed E-state index contributed by atoms with van der Waals surface area (Å²) in [5.41, 5.74) is 3.39. The van der Waals surface area contributed by atoms with Crippen molar-refractivity contribution in [2.75, 3.05) is 6.61 Å². The lowest BCUT2D eigenvalue weighted by atomic mass is 10.1. The van der Waals surface area contributed by atoms with Gasteiger partial charge in [0.15, 0.2) is 0 Å². The van der Waals surface area contributed by atoms with E-state index in [0.29, 0.717) is 26.4 Å². The molecule has 4 atom stereocenters. The van der Waals surface area contributed by atoms with Gasteiger partial charge in [0.05, 0.1) is 26.4 Å². The summed E-state index contributed by atoms with van der Waals surface area (Å²) in [6.07, 6.45) is -0.954. The summed E-state index contributed by atoms with van der Waals surface area (Å²) >= 11 is 1.68. The van der Waals surface area contributed by atoms with Crippen molar-refractivity contribution >= 4 is 11.3 Å². The Labute approximate surface area is 211 Å². The van der Waals surface area contributed by atoms with E-state index < -0.39 is 0 Å². The average molecular weight is 487 g/mol. The zero-order chi connectivity index (χ0) is 23.7. The van der Waals surface area contributed by atoms with E-state index in [-0.39, 0.29) is 24.4 Å². The van der Waals surface area contributed by atoms with Gasteiger partial charge in [-0.25, -0.2) is 0 Å². The van der Waals surface area contributed by atoms with Gasteiger partial charge in [0.2, 0.25) is 0 Å². The molecule has 1 fully saturated rings. The molecule has 1 aromatic heterocycles. The van der Waals surface area contributed by atoms with E-state index in [1.54, 1.807) is 11.3 Å². The van der Waals surface area contributed by atoms with Gasteiger partial charge in [-0.05, 0) is 28.1 Å². The van der Waals surface area contributed by atoms with Gasteiger partial charge in [-0.2, -0.15) is 0 Å². The van der Waals surface area contributed by atoms with Crippen LogP contribution in [0.5, 0.6) is 0 Å². The van der Waals surface area contributed by atoms with Crippen molar-refractivity contribution in [2.45, 2.75) is 44.2 Å². The zero-order valence-electron chi connectivity index (χ0n) is 19.6. The average Bonchev–Trinajstić information content (AvgIpc) is 3.56. The van der Waals surface area contributed by atoms with Crippen LogP contribution in [0.25, 0.3) is 0 Å². The molecule has 180 valence electrons. The van der Waals surface area contributed by atoms with E-state index in [1.165, 1.54) is 0 Å². The maximum Gasteiger partial charge on any atom is 0.121 e. The lowest BCUT2D eigenvalue weighted by Crippen LogP contribution is -2.37. The van der Waals surface area contributed by atoms with Crippen molar-refractivity contribution in [2.24, 2.45) is 0 Å². The number of hydrogen-bond acceptors (Lipinski definition) is 5. The Balaban J connectivity index is 1.33. The minimum atomic E-state index is -0.262. The minimum Gasteiger partial charge on any atom is -0.374 e. The molecule has 4 nitrogen and oxygen atoms in total. The molecule has 0 amide bonds. The number of rotatable bonds is 11. The van der Waals surface area contributed by atoms with E-state index >= 15 is 0 Å². The molecule has 0 N–H and O–H groups in total. The maximum absolute atomic E-state index is 6.58. The monoisotopic (exact) mass is 486 g/mol. The van der Waals surface area contributed by atoms with Gasteiger partial charge >= 0.3 is 0 Å². The van der Waals surface area contributed by atoms with Crippen LogP contribution in [0, 0.1) is 0 Å². The Kier molecular flexibility index (Phi) is 8.37. The quantitative estimate of drug-likeness (QED) is 0.240. The van der Waals surface area contributed by atoms with Crippen LogP contribution in [0.15, 0.2) is 109 Å². The first-order valence-corrected chi connectivity index (χ1v) is 12.9. The Morgan fingerprint density at radius 1 is 0.600 bits per heavy atom. The Morgan fingerprint density at radius 3 is 1.69 bits per heavy atom. The van der Waals surface area contributed by atoms with Crippen LogP contribution in [0.3, 0.4) is 0 Å². The molecule has 2 heterocycles. The second kappa shape index (κ2) is 12.2. The standard InChI is InChI=1S/C30H30O4S/c1-4-11-23(12-5-1)19-31-22-26-28(32-20-24-13-6-2-7-14-24)30(29(34-26)27-17-10-18-35-27)33-21-25-15-8-3-9-16-25/h1-18,26,28-30H,19-22H2/t26-,28-,29+,30-/m1/s1. The number of thiophene rings is 1. The van der Waals surface area contributed by atoms with Crippen LogP contribution in [0.1, 0.15) is 27.7 Å². The van der Waals surface area contributed by atoms with Crippen molar-refractivity contribution < 1.29 is 18.9 Å². The van der Waals surface area contributed by atoms with Crippen LogP contribution in [0.2, 0.25) is 0 Å². The smallest absolute Gasteiger partial charge is 0.121 e. The second-order valence-corrected chi connectivity index (χ2v) is 9.61. The summed E-state index contributed by atoms with van der Waals surface area (Å²) in [7, 11) is 0. The third-order valence-electron chi connectivity index (χ3n) is 6.10. The second-order valence-electron chi connectivity index (χ2n) is 8.63. The van der Waals surface area contributed by atoms with E-state index in [2.05, 4.69) is 53.9 Å². The predicted molar refractivity (Wildman–Crippen MR) is 138 cm³/mol. The van der Waals surface area contributed by atoms with Gasteiger partial charge in [0.1, 0.15) is 24.4 Å². The summed E-state index contributed by atoms with van der Waals surface area (Å²) in [4.78, 5) is 1.14. The molecule has 0 aliphatic carbocycles. The van der Waals surface area contributed by atoms with Crippen LogP contribution >= 0.6 is 11.3 Å². The first-order chi connectivity index (χ1) is 17.4. The van der Waals surface area contributed by atoms with Gasteiger partial charge in [0, 0.05) is 4.88 Å². The molecule has 35 heavy (non-hydrogen) atoms. The van der Waals surface area contributed by atoms with Crippen LogP contribution < -0.4 is 0 Å². The highest BCUT2D eigenvalue weighted by Gasteiger charge is 2.47. The predicted octanol–water partition coefficient (Wildman–Crippen LogP) is 6.58. The van der Waals surface area contributed by atoms with Crippen LogP contribution in [-0.4, -0.2) is 24.9 Å². The molecular weight excluding hydrogens is 456 g/mol. The van der Waals surface area contributed by atoms with Gasteiger partial charge in [-0.15, -0.1) is 11.3 Å². The molecule has 1 saturated heterocycles. The summed E-state index contributed by atoms with van der Waals surface area (Å²) in [6, 6.07) is 34.8. The molecular formula is C30H30O4S. The summed E-state index contributed by atoms with van der Waals surface area (Å²) in [5.74, 6) is 0. The normalized spacial score (nSPS) is 21.8. The number of ether oxygens (including phenoxy) is 4. The first-order valence-electron chi connectivity index (χ1n) is 12.0. The van der Waals surface area contributed by atoms with E-state index in [1.807, 2.05) is 54.6 Å². The third kappa shape index (κ3) is 6.45. The molecule has 0 bridgehead atoms. The fraction of sp³-hybridized carbons (Fsp3) is 0.267. The molecule has 1 aliphatic rings. The molecule has 0 saturated carbocycles. The zero-order valence-corrected chi connectivity index (χ0v) is 20.4. The first kappa shape index (κ1) is 23.9. The lowest BCUT2D eigenvalue weighted by Gasteiger charge is -2.25. The topological polar surface area (TPSA) is 36.9 Å². The summed E-state index contributed by atoms with van der Waals surface area (Å²) in [5, 5.41) is 2.08. The van der Waals surface area contributed by atoms with Crippen molar-refractivity contribution in [3.05, 3.63) is 130 Å². The molecule has 3 aromatic carbocycles. The summed E-state index contributed by atoms with van der Waals surface area (Å²) in [6.45, 7) is 1.96. The third-order valence-corrected chi connectivity index (χ3v) is 7.03. The van der Waals surface area contributed by atoms with Crippen LogP contribution in [0.4, 0.5) is 0 Å². The Bertz CT molecular complexity index is 1120. The van der Waals surface area contributed by atoms with Gasteiger partial charge in [-0.1, -0.05) is 97.1 Å². The van der Waals surface area contributed by atoms with Gasteiger partial charge in [-0.3, -0.25) is 0 Å². The fourth-order valence-electron chi connectivity index (χ4n) is 4.33. The van der Waals surface area contributed by atoms with E-state index in [0.717, 1.165) is 21.6 Å². The molecule has 1 aliphatic heterocycles. The van der Waals surface area contributed by atoms with Gasteiger partial charge in [0.25, 0.3) is 0 Å². The highest BCUT2D eigenvalue weighted by Crippen LogP contribution is 2.40. The highest BCUT2D eigenvalue weighted by molar-refractivity contribution is 7.10.